The molecule has 1 atom stereocenters. The first-order chi connectivity index (χ1) is 11.5. The fraction of sp³-hybridized carbons (Fsp3) is 0.684. The van der Waals surface area contributed by atoms with Crippen LogP contribution < -0.4 is 10.1 Å². The topological polar surface area (TPSA) is 60.5 Å². The van der Waals surface area contributed by atoms with E-state index < -0.39 is 5.60 Å². The maximum absolute atomic E-state index is 12.7. The highest BCUT2D eigenvalue weighted by atomic mass is 16.5. The van der Waals surface area contributed by atoms with Crippen LogP contribution in [0.5, 0.6) is 5.88 Å². The third-order valence-corrected chi connectivity index (χ3v) is 4.01. The quantitative estimate of drug-likeness (QED) is 0.605. The molecule has 0 bridgehead atoms. The van der Waals surface area contributed by atoms with Gasteiger partial charge in [-0.25, -0.2) is 4.98 Å². The number of anilines is 1. The zero-order valence-electron chi connectivity index (χ0n) is 15.8. The Labute approximate surface area is 146 Å². The van der Waals surface area contributed by atoms with E-state index >= 15 is 0 Å². The summed E-state index contributed by atoms with van der Waals surface area (Å²) in [5.41, 5.74) is 0.630. The molecule has 0 aromatic carbocycles. The van der Waals surface area contributed by atoms with Crippen LogP contribution in [0.3, 0.4) is 0 Å². The lowest BCUT2D eigenvalue weighted by Gasteiger charge is -2.28. The molecule has 1 aromatic heterocycles. The number of carbonyl (C=O) groups excluding carboxylic acids is 1. The van der Waals surface area contributed by atoms with E-state index in [0.717, 1.165) is 31.4 Å². The Kier molecular flexibility index (Phi) is 8.76. The summed E-state index contributed by atoms with van der Waals surface area (Å²) in [7, 11) is 0. The van der Waals surface area contributed by atoms with Gasteiger partial charge >= 0.3 is 0 Å². The molecular weight excluding hydrogens is 304 g/mol. The predicted molar refractivity (Wildman–Crippen MR) is 97.6 cm³/mol. The minimum atomic E-state index is -0.812. The number of nitrogens with one attached hydrogen (secondary N) is 1. The van der Waals surface area contributed by atoms with E-state index in [1.54, 1.807) is 6.07 Å². The van der Waals surface area contributed by atoms with Gasteiger partial charge in [0.2, 0.25) is 5.88 Å². The Morgan fingerprint density at radius 2 is 1.92 bits per heavy atom. The van der Waals surface area contributed by atoms with Crippen LogP contribution in [-0.2, 0) is 9.53 Å². The molecule has 0 radical (unpaired) electrons. The molecule has 24 heavy (non-hydrogen) atoms. The van der Waals surface area contributed by atoms with Crippen molar-refractivity contribution in [2.45, 2.75) is 72.3 Å². The molecule has 5 heteroatoms. The van der Waals surface area contributed by atoms with Gasteiger partial charge in [0.15, 0.2) is 0 Å². The van der Waals surface area contributed by atoms with Crippen molar-refractivity contribution in [3.05, 3.63) is 17.8 Å². The van der Waals surface area contributed by atoms with E-state index in [4.69, 9.17) is 9.47 Å². The highest BCUT2D eigenvalue weighted by Gasteiger charge is 2.33. The fourth-order valence-electron chi connectivity index (χ4n) is 2.41. The molecule has 0 spiro atoms. The van der Waals surface area contributed by atoms with E-state index in [2.05, 4.69) is 24.1 Å². The minimum Gasteiger partial charge on any atom is -0.478 e. The van der Waals surface area contributed by atoms with Gasteiger partial charge in [-0.3, -0.25) is 4.79 Å². The molecular formula is C19H32N2O3. The second-order valence-corrected chi connectivity index (χ2v) is 6.21. The first-order valence-corrected chi connectivity index (χ1v) is 9.02. The van der Waals surface area contributed by atoms with Gasteiger partial charge < -0.3 is 14.8 Å². The first kappa shape index (κ1) is 20.4. The number of nitrogens with zero attached hydrogens (tertiary/aromatic N) is 1. The Hall–Kier alpha value is -1.62. The smallest absolute Gasteiger partial charge is 0.256 e. The Balaban J connectivity index is 2.77. The Morgan fingerprint density at radius 3 is 2.50 bits per heavy atom. The van der Waals surface area contributed by atoms with Crippen molar-refractivity contribution in [3.63, 3.8) is 0 Å². The number of hydrogen-bond acceptors (Lipinski definition) is 4. The molecule has 0 aliphatic carbocycles. The maximum Gasteiger partial charge on any atom is 0.256 e. The van der Waals surface area contributed by atoms with Gasteiger partial charge in [-0.1, -0.05) is 33.1 Å². The molecule has 1 amide bonds. The van der Waals surface area contributed by atoms with Gasteiger partial charge in [0.1, 0.15) is 5.60 Å². The summed E-state index contributed by atoms with van der Waals surface area (Å²) in [6.45, 7) is 11.0. The minimum absolute atomic E-state index is 0.123. The number of amides is 1. The van der Waals surface area contributed by atoms with E-state index in [9.17, 15) is 4.79 Å². The largest absolute Gasteiger partial charge is 0.478 e. The molecule has 0 aliphatic rings. The van der Waals surface area contributed by atoms with Crippen LogP contribution in [0, 0.1) is 6.92 Å². The van der Waals surface area contributed by atoms with E-state index in [1.807, 2.05) is 26.8 Å². The molecule has 1 heterocycles. The molecule has 0 unspecified atom stereocenters. The second kappa shape index (κ2) is 10.3. The van der Waals surface area contributed by atoms with E-state index in [0.29, 0.717) is 31.2 Å². The van der Waals surface area contributed by atoms with Crippen LogP contribution >= 0.6 is 0 Å². The van der Waals surface area contributed by atoms with Crippen molar-refractivity contribution >= 4 is 11.6 Å². The van der Waals surface area contributed by atoms with Crippen LogP contribution in [0.1, 0.15) is 65.5 Å². The number of aryl methyl sites for hydroxylation is 1. The van der Waals surface area contributed by atoms with Crippen molar-refractivity contribution in [3.8, 4) is 5.88 Å². The summed E-state index contributed by atoms with van der Waals surface area (Å²) in [6, 6.07) is 3.63. The first-order valence-electron chi connectivity index (χ1n) is 9.02. The third kappa shape index (κ3) is 6.11. The molecule has 0 saturated carbocycles. The number of carbonyl (C=O) groups is 1. The molecule has 5 nitrogen and oxygen atoms in total. The van der Waals surface area contributed by atoms with Gasteiger partial charge in [0.05, 0.1) is 18.0 Å². The Morgan fingerprint density at radius 1 is 1.21 bits per heavy atom. The number of aromatic nitrogens is 1. The van der Waals surface area contributed by atoms with Crippen LogP contribution in [-0.4, -0.2) is 29.7 Å². The maximum atomic E-state index is 12.7. The number of rotatable bonds is 11. The second-order valence-electron chi connectivity index (χ2n) is 6.21. The van der Waals surface area contributed by atoms with E-state index in [-0.39, 0.29) is 5.91 Å². The molecule has 0 fully saturated rings. The number of ether oxygens (including phenoxy) is 2. The summed E-state index contributed by atoms with van der Waals surface area (Å²) in [5, 5.41) is 2.96. The zero-order valence-corrected chi connectivity index (χ0v) is 15.8. The standard InChI is InChI=1S/C19H32N2O3/c1-6-9-13-19(5,24-8-3)18(22)21-16-11-12-17(20-15(16)4)23-14-10-7-2/h11-12H,6-10,13-14H2,1-5H3,(H,21,22)/t19-/m0/s1. The van der Waals surface area contributed by atoms with Crippen molar-refractivity contribution in [1.82, 2.24) is 4.98 Å². The molecule has 136 valence electrons. The van der Waals surface area contributed by atoms with Crippen molar-refractivity contribution in [2.24, 2.45) is 0 Å². The lowest BCUT2D eigenvalue weighted by molar-refractivity contribution is -0.139. The Bertz CT molecular complexity index is 519. The van der Waals surface area contributed by atoms with Crippen LogP contribution in [0.25, 0.3) is 0 Å². The van der Waals surface area contributed by atoms with E-state index in [1.165, 1.54) is 0 Å². The monoisotopic (exact) mass is 336 g/mol. The molecule has 0 saturated heterocycles. The zero-order chi connectivity index (χ0) is 18.0. The summed E-state index contributed by atoms with van der Waals surface area (Å²) in [4.78, 5) is 17.1. The predicted octanol–water partition coefficient (Wildman–Crippen LogP) is 4.49. The van der Waals surface area contributed by atoms with Crippen molar-refractivity contribution in [2.75, 3.05) is 18.5 Å². The molecule has 1 aromatic rings. The molecule has 1 N–H and O–H groups in total. The molecule has 1 rings (SSSR count). The van der Waals surface area contributed by atoms with Gasteiger partial charge in [-0.05, 0) is 39.7 Å². The normalized spacial score (nSPS) is 13.4. The highest BCUT2D eigenvalue weighted by Crippen LogP contribution is 2.23. The van der Waals surface area contributed by atoms with Crippen LogP contribution in [0.2, 0.25) is 0 Å². The highest BCUT2D eigenvalue weighted by molar-refractivity contribution is 5.97. The van der Waals surface area contributed by atoms with Crippen LogP contribution in [0.4, 0.5) is 5.69 Å². The lowest BCUT2D eigenvalue weighted by Crippen LogP contribution is -2.43. The average Bonchev–Trinajstić information content (AvgIpc) is 2.55. The van der Waals surface area contributed by atoms with Crippen molar-refractivity contribution < 1.29 is 14.3 Å². The average molecular weight is 336 g/mol. The van der Waals surface area contributed by atoms with Gasteiger partial charge in [-0.15, -0.1) is 0 Å². The third-order valence-electron chi connectivity index (χ3n) is 4.01. The number of pyridine rings is 1. The summed E-state index contributed by atoms with van der Waals surface area (Å²) >= 11 is 0. The summed E-state index contributed by atoms with van der Waals surface area (Å²) < 4.78 is 11.3. The van der Waals surface area contributed by atoms with Gasteiger partial charge in [-0.2, -0.15) is 0 Å². The van der Waals surface area contributed by atoms with Crippen LogP contribution in [0.15, 0.2) is 12.1 Å². The van der Waals surface area contributed by atoms with Crippen molar-refractivity contribution in [1.29, 1.82) is 0 Å². The number of hydrogen-bond donors (Lipinski definition) is 1. The lowest BCUT2D eigenvalue weighted by atomic mass is 9.97. The van der Waals surface area contributed by atoms with Gasteiger partial charge in [0, 0.05) is 12.7 Å². The number of unbranched alkanes of at least 4 members (excludes halogenated alkanes) is 2. The molecule has 0 aliphatic heterocycles. The van der Waals surface area contributed by atoms with Gasteiger partial charge in [0.25, 0.3) is 5.91 Å². The summed E-state index contributed by atoms with van der Waals surface area (Å²) in [5.74, 6) is 0.472. The summed E-state index contributed by atoms with van der Waals surface area (Å²) in [6.07, 6.45) is 4.77. The fourth-order valence-corrected chi connectivity index (χ4v) is 2.41. The SMILES string of the molecule is CCCCOc1ccc(NC(=O)[C@](C)(CCCC)OCC)c(C)n1.